The number of hydrogen-bond acceptors (Lipinski definition) is 8. The van der Waals surface area contributed by atoms with Crippen LogP contribution in [0.3, 0.4) is 0 Å². The van der Waals surface area contributed by atoms with E-state index in [1.165, 1.54) is 0 Å². The zero-order chi connectivity index (χ0) is 15.1. The molecule has 1 atom stereocenters. The summed E-state index contributed by atoms with van der Waals surface area (Å²) in [5.41, 5.74) is 0. The Morgan fingerprint density at radius 2 is 2.05 bits per heavy atom. The van der Waals surface area contributed by atoms with Crippen LogP contribution in [0.5, 0.6) is 6.01 Å². The summed E-state index contributed by atoms with van der Waals surface area (Å²) in [5.74, 6) is 0.988. The second-order valence-electron chi connectivity index (χ2n) is 4.38. The molecule has 0 bridgehead atoms. The van der Waals surface area contributed by atoms with Gasteiger partial charge in [-0.3, -0.25) is 0 Å². The van der Waals surface area contributed by atoms with Crippen LogP contribution >= 0.6 is 11.3 Å². The van der Waals surface area contributed by atoms with Crippen molar-refractivity contribution in [1.29, 1.82) is 0 Å². The molecule has 0 aliphatic heterocycles. The molecule has 1 unspecified atom stereocenters. The molecular formula is C13H20N6OS. The van der Waals surface area contributed by atoms with E-state index in [0.29, 0.717) is 24.5 Å². The Hall–Kier alpha value is -1.96. The Morgan fingerprint density at radius 3 is 2.71 bits per heavy atom. The molecule has 114 valence electrons. The molecule has 0 amide bonds. The van der Waals surface area contributed by atoms with Gasteiger partial charge in [-0.1, -0.05) is 6.92 Å². The number of rotatable bonds is 8. The van der Waals surface area contributed by atoms with Crippen LogP contribution < -0.4 is 15.4 Å². The van der Waals surface area contributed by atoms with Gasteiger partial charge in [0.05, 0.1) is 12.6 Å². The maximum Gasteiger partial charge on any atom is 0.323 e. The largest absolute Gasteiger partial charge is 0.463 e. The van der Waals surface area contributed by atoms with Gasteiger partial charge < -0.3 is 15.4 Å². The van der Waals surface area contributed by atoms with Crippen LogP contribution in [0, 0.1) is 0 Å². The van der Waals surface area contributed by atoms with Gasteiger partial charge in [-0.25, -0.2) is 4.98 Å². The van der Waals surface area contributed by atoms with E-state index in [9.17, 15) is 0 Å². The van der Waals surface area contributed by atoms with Crippen LogP contribution in [0.25, 0.3) is 0 Å². The average molecular weight is 308 g/mol. The molecule has 8 heteroatoms. The smallest absolute Gasteiger partial charge is 0.323 e. The molecular weight excluding hydrogens is 288 g/mol. The molecule has 0 aromatic carbocycles. The summed E-state index contributed by atoms with van der Waals surface area (Å²) in [4.78, 5) is 17.1. The number of ether oxygens (including phenoxy) is 1. The normalized spacial score (nSPS) is 12.0. The summed E-state index contributed by atoms with van der Waals surface area (Å²) in [7, 11) is 0. The van der Waals surface area contributed by atoms with Crippen LogP contribution in [0.4, 0.5) is 11.9 Å². The fraction of sp³-hybridized carbons (Fsp3) is 0.538. The third-order valence-corrected chi connectivity index (χ3v) is 3.51. The predicted octanol–water partition coefficient (Wildman–Crippen LogP) is 2.72. The van der Waals surface area contributed by atoms with Gasteiger partial charge in [0.2, 0.25) is 11.9 Å². The first-order valence-corrected chi connectivity index (χ1v) is 7.89. The lowest BCUT2D eigenvalue weighted by Crippen LogP contribution is -2.13. The molecule has 7 nitrogen and oxygen atoms in total. The molecule has 0 fully saturated rings. The standard InChI is InChI=1S/C13H20N6OS/c1-4-7-20-13-18-11(14-5-2)17-12(19-13)16-9(3)10-15-6-8-21-10/h6,8-9H,4-5,7H2,1-3H3,(H2,14,16,17,18,19). The van der Waals surface area contributed by atoms with Crippen molar-refractivity contribution in [1.82, 2.24) is 19.9 Å². The number of anilines is 2. The summed E-state index contributed by atoms with van der Waals surface area (Å²) in [6.45, 7) is 7.36. The van der Waals surface area contributed by atoms with Crippen molar-refractivity contribution < 1.29 is 4.74 Å². The molecule has 0 saturated carbocycles. The molecule has 0 spiro atoms. The molecule has 0 aliphatic carbocycles. The number of hydrogen-bond donors (Lipinski definition) is 2. The first kappa shape index (κ1) is 15.4. The molecule has 21 heavy (non-hydrogen) atoms. The Balaban J connectivity index is 2.14. The Bertz CT molecular complexity index is 548. The zero-order valence-electron chi connectivity index (χ0n) is 12.5. The first-order valence-electron chi connectivity index (χ1n) is 7.01. The predicted molar refractivity (Wildman–Crippen MR) is 83.9 cm³/mol. The van der Waals surface area contributed by atoms with Crippen LogP contribution in [-0.4, -0.2) is 33.1 Å². The SMILES string of the molecule is CCCOc1nc(NCC)nc(NC(C)c2nccs2)n1. The van der Waals surface area contributed by atoms with Gasteiger partial charge >= 0.3 is 6.01 Å². The van der Waals surface area contributed by atoms with Gasteiger partial charge in [-0.05, 0) is 20.3 Å². The third kappa shape index (κ3) is 4.52. The Morgan fingerprint density at radius 1 is 1.24 bits per heavy atom. The molecule has 2 aromatic rings. The molecule has 0 aliphatic rings. The quantitative estimate of drug-likeness (QED) is 0.775. The second-order valence-corrected chi connectivity index (χ2v) is 5.31. The van der Waals surface area contributed by atoms with Gasteiger partial charge in [0.15, 0.2) is 0 Å². The number of aromatic nitrogens is 4. The van der Waals surface area contributed by atoms with E-state index >= 15 is 0 Å². The van der Waals surface area contributed by atoms with Crippen molar-refractivity contribution in [3.63, 3.8) is 0 Å². The average Bonchev–Trinajstić information content (AvgIpc) is 2.99. The van der Waals surface area contributed by atoms with Gasteiger partial charge in [0.1, 0.15) is 5.01 Å². The molecule has 2 aromatic heterocycles. The maximum atomic E-state index is 5.50. The summed E-state index contributed by atoms with van der Waals surface area (Å²) >= 11 is 1.59. The third-order valence-electron chi connectivity index (χ3n) is 2.55. The van der Waals surface area contributed by atoms with Crippen LogP contribution in [0.15, 0.2) is 11.6 Å². The molecule has 2 N–H and O–H groups in total. The number of nitrogens with one attached hydrogen (secondary N) is 2. The van der Waals surface area contributed by atoms with E-state index in [2.05, 4.69) is 30.6 Å². The van der Waals surface area contributed by atoms with Crippen molar-refractivity contribution in [3.8, 4) is 6.01 Å². The van der Waals surface area contributed by atoms with Gasteiger partial charge in [0.25, 0.3) is 0 Å². The van der Waals surface area contributed by atoms with Crippen molar-refractivity contribution in [2.75, 3.05) is 23.8 Å². The van der Waals surface area contributed by atoms with E-state index in [1.54, 1.807) is 17.5 Å². The highest BCUT2D eigenvalue weighted by Crippen LogP contribution is 2.20. The van der Waals surface area contributed by atoms with Crippen LogP contribution in [-0.2, 0) is 0 Å². The van der Waals surface area contributed by atoms with E-state index in [-0.39, 0.29) is 6.04 Å². The summed E-state index contributed by atoms with van der Waals surface area (Å²) in [6, 6.07) is 0.359. The molecule has 0 saturated heterocycles. The minimum Gasteiger partial charge on any atom is -0.463 e. The monoisotopic (exact) mass is 308 g/mol. The summed E-state index contributed by atoms with van der Waals surface area (Å²) < 4.78 is 5.50. The van der Waals surface area contributed by atoms with Gasteiger partial charge in [-0.15, -0.1) is 11.3 Å². The lowest BCUT2D eigenvalue weighted by atomic mass is 10.4. The Kier molecular flexibility index (Phi) is 5.68. The highest BCUT2D eigenvalue weighted by molar-refractivity contribution is 7.09. The summed E-state index contributed by atoms with van der Waals surface area (Å²) in [6.07, 6.45) is 2.69. The van der Waals surface area contributed by atoms with Crippen molar-refractivity contribution in [2.24, 2.45) is 0 Å². The minimum absolute atomic E-state index is 0.0286. The van der Waals surface area contributed by atoms with Crippen molar-refractivity contribution in [2.45, 2.75) is 33.2 Å². The fourth-order valence-electron chi connectivity index (χ4n) is 1.62. The lowest BCUT2D eigenvalue weighted by molar-refractivity contribution is 0.292. The van der Waals surface area contributed by atoms with E-state index in [4.69, 9.17) is 4.74 Å². The van der Waals surface area contributed by atoms with Crippen LogP contribution in [0.2, 0.25) is 0 Å². The van der Waals surface area contributed by atoms with Gasteiger partial charge in [0, 0.05) is 18.1 Å². The summed E-state index contributed by atoms with van der Waals surface area (Å²) in [5, 5.41) is 9.23. The van der Waals surface area contributed by atoms with E-state index < -0.39 is 0 Å². The molecule has 0 radical (unpaired) electrons. The number of nitrogens with zero attached hydrogens (tertiary/aromatic N) is 4. The topological polar surface area (TPSA) is 84.9 Å². The minimum atomic E-state index is 0.0286. The highest BCUT2D eigenvalue weighted by atomic mass is 32.1. The second kappa shape index (κ2) is 7.72. The Labute approximate surface area is 128 Å². The highest BCUT2D eigenvalue weighted by Gasteiger charge is 2.12. The van der Waals surface area contributed by atoms with Crippen LogP contribution in [0.1, 0.15) is 38.2 Å². The number of thiazole rings is 1. The van der Waals surface area contributed by atoms with Crippen molar-refractivity contribution >= 4 is 23.2 Å². The van der Waals surface area contributed by atoms with Crippen molar-refractivity contribution in [3.05, 3.63) is 16.6 Å². The first-order chi connectivity index (χ1) is 10.2. The maximum absolute atomic E-state index is 5.50. The lowest BCUT2D eigenvalue weighted by Gasteiger charge is -2.13. The fourth-order valence-corrected chi connectivity index (χ4v) is 2.27. The van der Waals surface area contributed by atoms with Gasteiger partial charge in [-0.2, -0.15) is 15.0 Å². The van der Waals surface area contributed by atoms with E-state index in [1.807, 2.05) is 26.2 Å². The molecule has 2 heterocycles. The molecule has 2 rings (SSSR count). The zero-order valence-corrected chi connectivity index (χ0v) is 13.3. The van der Waals surface area contributed by atoms with E-state index in [0.717, 1.165) is 18.0 Å².